The molecule has 1 aliphatic heterocycles. The number of esters is 1. The molecule has 1 heterocycles. The van der Waals surface area contributed by atoms with E-state index in [-0.39, 0.29) is 11.9 Å². The molecule has 1 rings (SSSR count). The van der Waals surface area contributed by atoms with Crippen LogP contribution >= 0.6 is 0 Å². The lowest BCUT2D eigenvalue weighted by atomic mass is 9.90. The molecule has 0 aromatic heterocycles. The van der Waals surface area contributed by atoms with Crippen molar-refractivity contribution in [2.75, 3.05) is 26.2 Å². The summed E-state index contributed by atoms with van der Waals surface area (Å²) in [7, 11) is 0. The third-order valence-corrected chi connectivity index (χ3v) is 13.6. The number of amides is 1. The molecule has 59 heavy (non-hydrogen) atoms. The molecule has 5 nitrogen and oxygen atoms in total. The lowest BCUT2D eigenvalue weighted by Crippen LogP contribution is -2.35. The van der Waals surface area contributed by atoms with Gasteiger partial charge in [0.25, 0.3) is 0 Å². The minimum Gasteiger partial charge on any atom is -0.466 e. The molecule has 1 fully saturated rings. The molecule has 0 aliphatic carbocycles. The van der Waals surface area contributed by atoms with Gasteiger partial charge in [-0.3, -0.25) is 9.59 Å². The van der Waals surface area contributed by atoms with Gasteiger partial charge in [-0.15, -0.1) is 0 Å². The van der Waals surface area contributed by atoms with E-state index in [9.17, 15) is 9.59 Å². The number of ether oxygens (including phenoxy) is 1. The molecule has 1 atom stereocenters. The van der Waals surface area contributed by atoms with Gasteiger partial charge in [-0.1, -0.05) is 227 Å². The van der Waals surface area contributed by atoms with Crippen LogP contribution < -0.4 is 5.32 Å². The van der Waals surface area contributed by atoms with Gasteiger partial charge in [0.2, 0.25) is 5.91 Å². The van der Waals surface area contributed by atoms with Crippen LogP contribution in [-0.2, 0) is 14.3 Å². The maximum Gasteiger partial charge on any atom is 0.306 e. The number of hydrogen-bond acceptors (Lipinski definition) is 4. The maximum absolute atomic E-state index is 13.0. The number of hydrogen-bond donors (Lipinski definition) is 1. The van der Waals surface area contributed by atoms with Crippen molar-refractivity contribution in [3.8, 4) is 0 Å². The minimum atomic E-state index is 0.0324. The van der Waals surface area contributed by atoms with Crippen molar-refractivity contribution in [2.45, 2.75) is 297 Å². The van der Waals surface area contributed by atoms with Gasteiger partial charge >= 0.3 is 5.97 Å². The van der Waals surface area contributed by atoms with E-state index in [1.165, 1.54) is 231 Å². The van der Waals surface area contributed by atoms with Crippen LogP contribution in [0.2, 0.25) is 0 Å². The second-order valence-electron chi connectivity index (χ2n) is 19.4. The molecule has 0 bridgehead atoms. The first kappa shape index (κ1) is 55.9. The highest BCUT2D eigenvalue weighted by atomic mass is 16.5. The highest BCUT2D eigenvalue weighted by molar-refractivity contribution is 5.76. The molecule has 1 saturated heterocycles. The van der Waals surface area contributed by atoms with Crippen molar-refractivity contribution in [1.29, 1.82) is 0 Å². The summed E-state index contributed by atoms with van der Waals surface area (Å²) in [6, 6.07) is 0.354. The topological polar surface area (TPSA) is 58.6 Å². The predicted octanol–water partition coefficient (Wildman–Crippen LogP) is 16.6. The lowest BCUT2D eigenvalue weighted by molar-refractivity contribution is -0.145. The van der Waals surface area contributed by atoms with E-state index in [2.05, 4.69) is 37.9 Å². The van der Waals surface area contributed by atoms with Gasteiger partial charge in [-0.2, -0.15) is 0 Å². The van der Waals surface area contributed by atoms with Crippen molar-refractivity contribution in [1.82, 2.24) is 10.2 Å². The fourth-order valence-electron chi connectivity index (χ4n) is 9.67. The first-order valence-electron chi connectivity index (χ1n) is 27.2. The van der Waals surface area contributed by atoms with Crippen LogP contribution in [0.4, 0.5) is 0 Å². The fourth-order valence-corrected chi connectivity index (χ4v) is 9.67. The Hall–Kier alpha value is -1.10. The van der Waals surface area contributed by atoms with E-state index < -0.39 is 0 Å². The lowest BCUT2D eigenvalue weighted by Gasteiger charge is -2.20. The van der Waals surface area contributed by atoms with Crippen molar-refractivity contribution >= 4 is 11.9 Å². The molecule has 0 aromatic rings. The number of unbranched alkanes of at least 4 members (excludes halogenated alkanes) is 23. The monoisotopic (exact) mass is 831 g/mol. The van der Waals surface area contributed by atoms with Crippen molar-refractivity contribution < 1.29 is 14.3 Å². The van der Waals surface area contributed by atoms with Crippen LogP contribution in [0, 0.1) is 11.8 Å². The third kappa shape index (κ3) is 37.2. The number of nitrogens with one attached hydrogen (secondary N) is 1. The second-order valence-corrected chi connectivity index (χ2v) is 19.4. The Kier molecular flexibility index (Phi) is 41.3. The Labute approximate surface area is 370 Å². The van der Waals surface area contributed by atoms with E-state index >= 15 is 0 Å². The van der Waals surface area contributed by atoms with Gasteiger partial charge < -0.3 is 15.0 Å². The molecular formula is C54H106N2O3. The summed E-state index contributed by atoms with van der Waals surface area (Å²) in [4.78, 5) is 28.0. The molecule has 0 radical (unpaired) electrons. The van der Waals surface area contributed by atoms with Crippen molar-refractivity contribution in [3.05, 3.63) is 0 Å². The van der Waals surface area contributed by atoms with Gasteiger partial charge in [0.1, 0.15) is 0 Å². The molecule has 1 aliphatic rings. The van der Waals surface area contributed by atoms with Gasteiger partial charge in [-0.05, 0) is 82.8 Å². The van der Waals surface area contributed by atoms with Crippen molar-refractivity contribution in [3.63, 3.8) is 0 Å². The van der Waals surface area contributed by atoms with Gasteiger partial charge in [0, 0.05) is 18.9 Å². The standard InChI is InChI=1S/C54H106N2O3/c1-5-9-26-37-50(38-27-10-6-2)39-30-22-18-14-13-15-19-23-31-42-52(55-53(57)44-36-47-56-45-33-34-46-56)43-32-24-20-16-17-21-25-35-48-59-54(58)49-51(40-28-11-7-3)41-29-12-8-4/h50-52H,5-49H2,1-4H3,(H,55,57). The minimum absolute atomic E-state index is 0.0324. The Balaban J connectivity index is 2.21. The second kappa shape index (κ2) is 43.5. The van der Waals surface area contributed by atoms with Crippen LogP contribution in [-0.4, -0.2) is 49.1 Å². The number of likely N-dealkylation sites (tertiary alicyclic amines) is 1. The molecule has 0 spiro atoms. The van der Waals surface area contributed by atoms with E-state index in [1.807, 2.05) is 0 Å². The Morgan fingerprint density at radius 2 is 0.831 bits per heavy atom. The summed E-state index contributed by atoms with van der Waals surface area (Å²) < 4.78 is 5.66. The zero-order valence-electron chi connectivity index (χ0n) is 40.7. The molecule has 350 valence electrons. The smallest absolute Gasteiger partial charge is 0.306 e. The quantitative estimate of drug-likeness (QED) is 0.0490. The van der Waals surface area contributed by atoms with E-state index in [1.54, 1.807) is 0 Å². The van der Waals surface area contributed by atoms with E-state index in [4.69, 9.17) is 4.74 Å². The van der Waals surface area contributed by atoms with Gasteiger partial charge in [0.15, 0.2) is 0 Å². The van der Waals surface area contributed by atoms with Gasteiger partial charge in [-0.25, -0.2) is 0 Å². The molecular weight excluding hydrogens is 725 g/mol. The summed E-state index contributed by atoms with van der Waals surface area (Å²) in [6.45, 7) is 13.3. The summed E-state index contributed by atoms with van der Waals surface area (Å²) in [6.07, 6.45) is 52.2. The van der Waals surface area contributed by atoms with Crippen LogP contribution in [0.25, 0.3) is 0 Å². The number of carbonyl (C=O) groups is 2. The average Bonchev–Trinajstić information content (AvgIpc) is 3.75. The largest absolute Gasteiger partial charge is 0.466 e. The van der Waals surface area contributed by atoms with Crippen LogP contribution in [0.15, 0.2) is 0 Å². The summed E-state index contributed by atoms with van der Waals surface area (Å²) >= 11 is 0. The summed E-state index contributed by atoms with van der Waals surface area (Å²) in [5.41, 5.74) is 0. The normalized spacial score (nSPS) is 13.9. The number of nitrogens with zero attached hydrogens (tertiary/aromatic N) is 1. The fraction of sp³-hybridized carbons (Fsp3) is 0.963. The van der Waals surface area contributed by atoms with Crippen molar-refractivity contribution in [2.24, 2.45) is 11.8 Å². The average molecular weight is 831 g/mol. The predicted molar refractivity (Wildman–Crippen MR) is 258 cm³/mol. The highest BCUT2D eigenvalue weighted by Gasteiger charge is 2.16. The van der Waals surface area contributed by atoms with E-state index in [0.29, 0.717) is 31.4 Å². The SMILES string of the molecule is CCCCCC(CCCCC)CCCCCCCCCCCC(CCCCCCCCCCOC(=O)CC(CCCCC)CCCCC)NC(=O)CCCN1CCCC1. The molecule has 0 aromatic carbocycles. The molecule has 1 unspecified atom stereocenters. The molecule has 1 amide bonds. The Morgan fingerprint density at radius 3 is 1.27 bits per heavy atom. The summed E-state index contributed by atoms with van der Waals surface area (Å²) in [5, 5.41) is 3.49. The van der Waals surface area contributed by atoms with Crippen LogP contribution in [0.1, 0.15) is 291 Å². The zero-order valence-corrected chi connectivity index (χ0v) is 40.7. The first-order valence-corrected chi connectivity index (χ1v) is 27.2. The van der Waals surface area contributed by atoms with Gasteiger partial charge in [0.05, 0.1) is 6.61 Å². The molecule has 5 heteroatoms. The third-order valence-electron chi connectivity index (χ3n) is 13.6. The first-order chi connectivity index (χ1) is 29.0. The molecule has 1 N–H and O–H groups in total. The Morgan fingerprint density at radius 1 is 0.458 bits per heavy atom. The number of carbonyl (C=O) groups excluding carboxylic acids is 2. The Bertz CT molecular complexity index is 869. The van der Waals surface area contributed by atoms with Crippen LogP contribution in [0.5, 0.6) is 0 Å². The highest BCUT2D eigenvalue weighted by Crippen LogP contribution is 2.25. The van der Waals surface area contributed by atoms with E-state index in [0.717, 1.165) is 44.6 Å². The summed E-state index contributed by atoms with van der Waals surface area (Å²) in [5.74, 6) is 1.82. The zero-order chi connectivity index (χ0) is 42.7. The van der Waals surface area contributed by atoms with Crippen LogP contribution in [0.3, 0.4) is 0 Å². The maximum atomic E-state index is 13.0. The molecule has 0 saturated carbocycles. The number of rotatable bonds is 46.